The van der Waals surface area contributed by atoms with Crippen molar-refractivity contribution in [2.24, 2.45) is 0 Å². The maximum Gasteiger partial charge on any atom is 0.326 e. The highest BCUT2D eigenvalue weighted by Crippen LogP contribution is 2.31. The number of hydrogen-bond acceptors (Lipinski definition) is 6. The van der Waals surface area contributed by atoms with E-state index in [9.17, 15) is 9.59 Å². The molecule has 0 spiro atoms. The van der Waals surface area contributed by atoms with Crippen molar-refractivity contribution in [1.82, 2.24) is 15.1 Å². The van der Waals surface area contributed by atoms with Crippen molar-refractivity contribution in [1.29, 1.82) is 0 Å². The van der Waals surface area contributed by atoms with E-state index < -0.39 is 5.54 Å². The largest absolute Gasteiger partial charge is 0.497 e. The van der Waals surface area contributed by atoms with E-state index in [2.05, 4.69) is 15.1 Å². The number of hydrogen-bond donors (Lipinski definition) is 1. The molecule has 1 N–H and O–H groups in total. The van der Waals surface area contributed by atoms with Gasteiger partial charge in [0.05, 0.1) is 20.9 Å². The maximum absolute atomic E-state index is 13.2. The Hall–Kier alpha value is -3.26. The molecule has 0 aromatic heterocycles. The number of piperazine rings is 1. The molecule has 2 aliphatic rings. The molecule has 2 aromatic carbocycles. The Labute approximate surface area is 182 Å². The molecular formula is C23H28N4O4. The number of nitrogens with one attached hydrogen (secondary N) is 1. The topological polar surface area (TPSA) is 74.3 Å². The Bertz CT molecular complexity index is 956. The summed E-state index contributed by atoms with van der Waals surface area (Å²) in [7, 11) is 3.23. The van der Waals surface area contributed by atoms with Gasteiger partial charge in [-0.25, -0.2) is 9.69 Å². The van der Waals surface area contributed by atoms with E-state index in [0.29, 0.717) is 11.3 Å². The molecule has 3 amide bonds. The number of amides is 3. The van der Waals surface area contributed by atoms with Gasteiger partial charge in [0, 0.05) is 31.9 Å². The van der Waals surface area contributed by atoms with Gasteiger partial charge in [-0.1, -0.05) is 12.1 Å². The Kier molecular flexibility index (Phi) is 5.73. The minimum atomic E-state index is -1.10. The first-order chi connectivity index (χ1) is 14.9. The monoisotopic (exact) mass is 424 g/mol. The van der Waals surface area contributed by atoms with Crippen LogP contribution in [0.3, 0.4) is 0 Å². The minimum Gasteiger partial charge on any atom is -0.497 e. The first-order valence-corrected chi connectivity index (χ1v) is 10.3. The van der Waals surface area contributed by atoms with E-state index in [0.717, 1.165) is 37.6 Å². The van der Waals surface area contributed by atoms with Crippen LogP contribution in [0.4, 0.5) is 10.5 Å². The zero-order valence-electron chi connectivity index (χ0n) is 18.1. The van der Waals surface area contributed by atoms with Crippen LogP contribution in [0.15, 0.2) is 48.5 Å². The molecule has 164 valence electrons. The molecule has 2 aliphatic heterocycles. The molecule has 0 unspecified atom stereocenters. The predicted octanol–water partition coefficient (Wildman–Crippen LogP) is 2.25. The summed E-state index contributed by atoms with van der Waals surface area (Å²) >= 11 is 0. The van der Waals surface area contributed by atoms with Crippen LogP contribution < -0.4 is 19.7 Å². The third kappa shape index (κ3) is 4.03. The lowest BCUT2D eigenvalue weighted by atomic mass is 9.92. The fourth-order valence-corrected chi connectivity index (χ4v) is 4.10. The number of nitrogens with zero attached hydrogens (tertiary/aromatic N) is 3. The Balaban J connectivity index is 1.39. The second-order valence-electron chi connectivity index (χ2n) is 7.96. The van der Waals surface area contributed by atoms with Gasteiger partial charge in [0.15, 0.2) is 0 Å². The number of urea groups is 1. The summed E-state index contributed by atoms with van der Waals surface area (Å²) in [6, 6.07) is 14.9. The Morgan fingerprint density at radius 1 is 0.935 bits per heavy atom. The third-order valence-electron chi connectivity index (χ3n) is 6.07. The van der Waals surface area contributed by atoms with Gasteiger partial charge in [-0.15, -0.1) is 0 Å². The normalized spacial score (nSPS) is 21.9. The lowest BCUT2D eigenvalue weighted by molar-refractivity contribution is -0.132. The SMILES string of the molecule is COc1ccc(N2CCN(CN3C(=O)N[C@](C)(c4cccc(OC)c4)C3=O)CC2)cc1. The second-order valence-corrected chi connectivity index (χ2v) is 7.96. The van der Waals surface area contributed by atoms with Crippen LogP contribution in [0.25, 0.3) is 0 Å². The van der Waals surface area contributed by atoms with E-state index in [1.54, 1.807) is 27.2 Å². The first-order valence-electron chi connectivity index (χ1n) is 10.3. The molecule has 4 rings (SSSR count). The number of anilines is 1. The van der Waals surface area contributed by atoms with Gasteiger partial charge in [0.1, 0.15) is 17.0 Å². The molecule has 0 saturated carbocycles. The summed E-state index contributed by atoms with van der Waals surface area (Å²) in [5, 5.41) is 2.87. The van der Waals surface area contributed by atoms with Crippen LogP contribution in [0.1, 0.15) is 12.5 Å². The second kappa shape index (κ2) is 8.47. The van der Waals surface area contributed by atoms with Gasteiger partial charge >= 0.3 is 6.03 Å². The van der Waals surface area contributed by atoms with E-state index >= 15 is 0 Å². The van der Waals surface area contributed by atoms with Crippen LogP contribution >= 0.6 is 0 Å². The average Bonchev–Trinajstić information content (AvgIpc) is 3.03. The van der Waals surface area contributed by atoms with Crippen LogP contribution in [0.5, 0.6) is 11.5 Å². The molecule has 1 atom stereocenters. The van der Waals surface area contributed by atoms with E-state index in [-0.39, 0.29) is 18.6 Å². The Morgan fingerprint density at radius 3 is 2.26 bits per heavy atom. The van der Waals surface area contributed by atoms with Gasteiger partial charge in [0.2, 0.25) is 0 Å². The molecule has 2 fully saturated rings. The lowest BCUT2D eigenvalue weighted by Crippen LogP contribution is -2.51. The number of carbonyl (C=O) groups is 2. The third-order valence-corrected chi connectivity index (χ3v) is 6.07. The van der Waals surface area contributed by atoms with E-state index in [1.165, 1.54) is 4.90 Å². The van der Waals surface area contributed by atoms with Crippen LogP contribution in [-0.4, -0.2) is 68.8 Å². The highest BCUT2D eigenvalue weighted by molar-refractivity contribution is 6.07. The number of ether oxygens (including phenoxy) is 2. The highest BCUT2D eigenvalue weighted by atomic mass is 16.5. The van der Waals surface area contributed by atoms with Crippen molar-refractivity contribution in [2.75, 3.05) is 52.0 Å². The zero-order chi connectivity index (χ0) is 22.0. The van der Waals surface area contributed by atoms with E-state index in [4.69, 9.17) is 9.47 Å². The fourth-order valence-electron chi connectivity index (χ4n) is 4.10. The number of rotatable bonds is 6. The molecular weight excluding hydrogens is 396 g/mol. The fraction of sp³-hybridized carbons (Fsp3) is 0.391. The van der Waals surface area contributed by atoms with E-state index in [1.807, 2.05) is 42.5 Å². The van der Waals surface area contributed by atoms with Gasteiger partial charge < -0.3 is 19.7 Å². The van der Waals surface area contributed by atoms with Gasteiger partial charge in [-0.3, -0.25) is 9.69 Å². The van der Waals surface area contributed by atoms with Crippen molar-refractivity contribution in [2.45, 2.75) is 12.5 Å². The lowest BCUT2D eigenvalue weighted by Gasteiger charge is -2.37. The van der Waals surface area contributed by atoms with Crippen molar-refractivity contribution in [3.05, 3.63) is 54.1 Å². The van der Waals surface area contributed by atoms with Crippen molar-refractivity contribution >= 4 is 17.6 Å². The molecule has 2 heterocycles. The average molecular weight is 425 g/mol. The van der Waals surface area contributed by atoms with Crippen molar-refractivity contribution in [3.8, 4) is 11.5 Å². The summed E-state index contributed by atoms with van der Waals surface area (Å²) in [6.45, 7) is 5.19. The zero-order valence-corrected chi connectivity index (χ0v) is 18.1. The summed E-state index contributed by atoms with van der Waals surface area (Å²) in [5.41, 5.74) is 0.745. The summed E-state index contributed by atoms with van der Waals surface area (Å²) in [6.07, 6.45) is 0. The van der Waals surface area contributed by atoms with Crippen molar-refractivity contribution in [3.63, 3.8) is 0 Å². The number of carbonyl (C=O) groups excluding carboxylic acids is 2. The standard InChI is InChI=1S/C23H28N4O4/c1-23(17-5-4-6-20(15-17)31-3)21(28)27(22(29)24-23)16-25-11-13-26(14-12-25)18-7-9-19(30-2)10-8-18/h4-10,15H,11-14,16H2,1-3H3,(H,24,29)/t23-/m1/s1. The van der Waals surface area contributed by atoms with Crippen LogP contribution in [0.2, 0.25) is 0 Å². The van der Waals surface area contributed by atoms with Gasteiger partial charge in [0.25, 0.3) is 5.91 Å². The molecule has 0 radical (unpaired) electrons. The molecule has 8 nitrogen and oxygen atoms in total. The number of imide groups is 1. The quantitative estimate of drug-likeness (QED) is 0.717. The summed E-state index contributed by atoms with van der Waals surface area (Å²) < 4.78 is 10.5. The van der Waals surface area contributed by atoms with Gasteiger partial charge in [-0.2, -0.15) is 0 Å². The number of benzene rings is 2. The highest BCUT2D eigenvalue weighted by Gasteiger charge is 2.49. The predicted molar refractivity (Wildman–Crippen MR) is 117 cm³/mol. The summed E-state index contributed by atoms with van der Waals surface area (Å²) in [4.78, 5) is 31.6. The summed E-state index contributed by atoms with van der Waals surface area (Å²) in [5.74, 6) is 1.23. The molecule has 2 aromatic rings. The molecule has 8 heteroatoms. The van der Waals surface area contributed by atoms with Crippen LogP contribution in [0, 0.1) is 0 Å². The first kappa shape index (κ1) is 21.0. The smallest absolute Gasteiger partial charge is 0.326 e. The molecule has 0 aliphatic carbocycles. The molecule has 0 bridgehead atoms. The molecule has 2 saturated heterocycles. The van der Waals surface area contributed by atoms with Crippen molar-refractivity contribution < 1.29 is 19.1 Å². The number of methoxy groups -OCH3 is 2. The maximum atomic E-state index is 13.2. The molecule has 31 heavy (non-hydrogen) atoms. The van der Waals surface area contributed by atoms with Gasteiger partial charge in [-0.05, 0) is 48.9 Å². The minimum absolute atomic E-state index is 0.247. The Morgan fingerprint density at radius 2 is 1.61 bits per heavy atom. The van der Waals surface area contributed by atoms with Crippen LogP contribution in [-0.2, 0) is 10.3 Å².